The van der Waals surface area contributed by atoms with Crippen molar-refractivity contribution in [3.8, 4) is 0 Å². The first-order valence-electron chi connectivity index (χ1n) is 5.55. The molecule has 0 aromatic heterocycles. The molecule has 2 N–H and O–H groups in total. The van der Waals surface area contributed by atoms with Crippen LogP contribution in [0.4, 0.5) is 0 Å². The van der Waals surface area contributed by atoms with Crippen LogP contribution in [0, 0.1) is 0 Å². The molecule has 0 saturated heterocycles. The van der Waals surface area contributed by atoms with Crippen LogP contribution in [0.3, 0.4) is 0 Å². The lowest BCUT2D eigenvalue weighted by molar-refractivity contribution is 0.520. The van der Waals surface area contributed by atoms with E-state index in [0.717, 1.165) is 5.56 Å². The van der Waals surface area contributed by atoms with Crippen molar-refractivity contribution in [2.24, 2.45) is 5.73 Å². The number of hydrogen-bond donors (Lipinski definition) is 1. The summed E-state index contributed by atoms with van der Waals surface area (Å²) in [5, 5.41) is 0. The van der Waals surface area contributed by atoms with Gasteiger partial charge in [0.25, 0.3) is 0 Å². The minimum absolute atomic E-state index is 0.0475. The highest BCUT2D eigenvalue weighted by molar-refractivity contribution is 7.89. The van der Waals surface area contributed by atoms with Gasteiger partial charge in [-0.2, -0.15) is 0 Å². The van der Waals surface area contributed by atoms with E-state index >= 15 is 0 Å². The Hall–Kier alpha value is -0.910. The van der Waals surface area contributed by atoms with Crippen LogP contribution in [0.2, 0.25) is 0 Å². The Morgan fingerprint density at radius 1 is 1.12 bits per heavy atom. The Bertz CT molecular complexity index is 464. The first-order valence-corrected chi connectivity index (χ1v) is 6.99. The van der Waals surface area contributed by atoms with Crippen molar-refractivity contribution in [1.29, 1.82) is 0 Å². The average Bonchev–Trinajstić information content (AvgIpc) is 2.27. The molecule has 0 amide bonds. The number of hydrogen-bond acceptors (Lipinski definition) is 3. The highest BCUT2D eigenvalue weighted by Gasteiger charge is 2.17. The summed E-state index contributed by atoms with van der Waals surface area (Å²) in [6, 6.07) is 6.95. The van der Waals surface area contributed by atoms with Gasteiger partial charge in [0.2, 0.25) is 10.0 Å². The third kappa shape index (κ3) is 3.06. The Kier molecular flexibility index (Phi) is 4.30. The number of sulfonamides is 1. The smallest absolute Gasteiger partial charge is 0.242 e. The SMILES string of the molecule is CC(N)C(C)c1ccc(S(=O)(=O)N(C)C)cc1. The Balaban J connectivity index is 3.05. The Labute approximate surface area is 103 Å². The number of nitrogens with two attached hydrogens (primary N) is 1. The standard InChI is InChI=1S/C12H20N2O2S/c1-9(10(2)13)11-5-7-12(8-6-11)17(15,16)14(3)4/h5-10H,13H2,1-4H3. The van der Waals surface area contributed by atoms with Gasteiger partial charge in [0.15, 0.2) is 0 Å². The molecule has 0 saturated carbocycles. The summed E-state index contributed by atoms with van der Waals surface area (Å²) in [6.07, 6.45) is 0. The summed E-state index contributed by atoms with van der Waals surface area (Å²) in [7, 11) is -0.294. The predicted molar refractivity (Wildman–Crippen MR) is 69.4 cm³/mol. The van der Waals surface area contributed by atoms with Crippen molar-refractivity contribution in [1.82, 2.24) is 4.31 Å². The van der Waals surface area contributed by atoms with Gasteiger partial charge in [-0.3, -0.25) is 0 Å². The quantitative estimate of drug-likeness (QED) is 0.885. The van der Waals surface area contributed by atoms with Crippen molar-refractivity contribution in [3.05, 3.63) is 29.8 Å². The van der Waals surface area contributed by atoms with Crippen molar-refractivity contribution in [3.63, 3.8) is 0 Å². The molecule has 5 heteroatoms. The van der Waals surface area contributed by atoms with E-state index in [-0.39, 0.29) is 12.0 Å². The lowest BCUT2D eigenvalue weighted by Gasteiger charge is -2.17. The van der Waals surface area contributed by atoms with Crippen molar-refractivity contribution in [2.75, 3.05) is 14.1 Å². The lowest BCUT2D eigenvalue weighted by Crippen LogP contribution is -2.23. The maximum absolute atomic E-state index is 11.8. The molecule has 0 aliphatic carbocycles. The van der Waals surface area contributed by atoms with Crippen LogP contribution in [-0.4, -0.2) is 32.9 Å². The molecule has 0 bridgehead atoms. The van der Waals surface area contributed by atoms with Gasteiger partial charge in [-0.1, -0.05) is 19.1 Å². The molecule has 0 aliphatic rings. The van der Waals surface area contributed by atoms with E-state index in [9.17, 15) is 8.42 Å². The van der Waals surface area contributed by atoms with E-state index in [4.69, 9.17) is 5.73 Å². The maximum Gasteiger partial charge on any atom is 0.242 e. The number of benzene rings is 1. The molecule has 2 unspecified atom stereocenters. The van der Waals surface area contributed by atoms with E-state index in [1.54, 1.807) is 12.1 Å². The summed E-state index contributed by atoms with van der Waals surface area (Å²) in [5.74, 6) is 0.214. The van der Waals surface area contributed by atoms with Gasteiger partial charge in [0.05, 0.1) is 4.90 Å². The van der Waals surface area contributed by atoms with Crippen LogP contribution in [0.1, 0.15) is 25.3 Å². The zero-order valence-corrected chi connectivity index (χ0v) is 11.5. The maximum atomic E-state index is 11.8. The normalized spacial score (nSPS) is 15.9. The third-order valence-electron chi connectivity index (χ3n) is 2.97. The fourth-order valence-electron chi connectivity index (χ4n) is 1.46. The molecule has 96 valence electrons. The lowest BCUT2D eigenvalue weighted by atomic mass is 9.95. The molecule has 0 heterocycles. The van der Waals surface area contributed by atoms with E-state index < -0.39 is 10.0 Å². The second kappa shape index (κ2) is 5.16. The minimum atomic E-state index is -3.34. The molecule has 1 rings (SSSR count). The zero-order valence-electron chi connectivity index (χ0n) is 10.7. The van der Waals surface area contributed by atoms with E-state index in [0.29, 0.717) is 4.90 Å². The third-order valence-corrected chi connectivity index (χ3v) is 4.80. The number of nitrogens with zero attached hydrogens (tertiary/aromatic N) is 1. The number of rotatable bonds is 4. The van der Waals surface area contributed by atoms with E-state index in [2.05, 4.69) is 0 Å². The van der Waals surface area contributed by atoms with Crippen molar-refractivity contribution < 1.29 is 8.42 Å². The molecule has 0 aliphatic heterocycles. The zero-order chi connectivity index (χ0) is 13.2. The minimum Gasteiger partial charge on any atom is -0.327 e. The fourth-order valence-corrected chi connectivity index (χ4v) is 2.36. The van der Waals surface area contributed by atoms with Gasteiger partial charge >= 0.3 is 0 Å². The Morgan fingerprint density at radius 2 is 1.59 bits per heavy atom. The summed E-state index contributed by atoms with van der Waals surface area (Å²) in [6.45, 7) is 3.97. The van der Waals surface area contributed by atoms with E-state index in [1.807, 2.05) is 26.0 Å². The predicted octanol–water partition coefficient (Wildman–Crippen LogP) is 1.39. The molecule has 4 nitrogen and oxygen atoms in total. The highest BCUT2D eigenvalue weighted by atomic mass is 32.2. The molecule has 17 heavy (non-hydrogen) atoms. The van der Waals surface area contributed by atoms with Crippen LogP contribution >= 0.6 is 0 Å². The highest BCUT2D eigenvalue weighted by Crippen LogP contribution is 2.21. The summed E-state index contributed by atoms with van der Waals surface area (Å²) in [5.41, 5.74) is 6.87. The molecule has 0 radical (unpaired) electrons. The average molecular weight is 256 g/mol. The van der Waals surface area contributed by atoms with Gasteiger partial charge in [-0.15, -0.1) is 0 Å². The summed E-state index contributed by atoms with van der Waals surface area (Å²) >= 11 is 0. The molecule has 0 spiro atoms. The van der Waals surface area contributed by atoms with Gasteiger partial charge in [0, 0.05) is 20.1 Å². The van der Waals surface area contributed by atoms with Gasteiger partial charge in [0.1, 0.15) is 0 Å². The van der Waals surface area contributed by atoms with Crippen LogP contribution in [0.25, 0.3) is 0 Å². The molecule has 1 aromatic rings. The van der Waals surface area contributed by atoms with Crippen molar-refractivity contribution in [2.45, 2.75) is 30.7 Å². The molecular formula is C12H20N2O2S. The summed E-state index contributed by atoms with van der Waals surface area (Å²) in [4.78, 5) is 0.308. The van der Waals surface area contributed by atoms with Crippen LogP contribution in [-0.2, 0) is 10.0 Å². The second-order valence-corrected chi connectivity index (χ2v) is 6.66. The second-order valence-electron chi connectivity index (χ2n) is 4.50. The van der Waals surface area contributed by atoms with Gasteiger partial charge in [-0.25, -0.2) is 12.7 Å². The monoisotopic (exact) mass is 256 g/mol. The largest absolute Gasteiger partial charge is 0.327 e. The van der Waals surface area contributed by atoms with Crippen LogP contribution in [0.5, 0.6) is 0 Å². The molecule has 2 atom stereocenters. The Morgan fingerprint density at radius 3 is 1.94 bits per heavy atom. The van der Waals surface area contributed by atoms with Gasteiger partial charge in [-0.05, 0) is 30.5 Å². The summed E-state index contributed by atoms with van der Waals surface area (Å²) < 4.78 is 24.9. The molecule has 1 aromatic carbocycles. The van der Waals surface area contributed by atoms with Gasteiger partial charge < -0.3 is 5.73 Å². The topological polar surface area (TPSA) is 63.4 Å². The van der Waals surface area contributed by atoms with Crippen molar-refractivity contribution >= 4 is 10.0 Å². The van der Waals surface area contributed by atoms with E-state index in [1.165, 1.54) is 18.4 Å². The first kappa shape index (κ1) is 14.2. The fraction of sp³-hybridized carbons (Fsp3) is 0.500. The molecular weight excluding hydrogens is 236 g/mol. The van der Waals surface area contributed by atoms with Crippen LogP contribution in [0.15, 0.2) is 29.2 Å². The first-order chi connectivity index (χ1) is 7.76. The van der Waals surface area contributed by atoms with Crippen LogP contribution < -0.4 is 5.73 Å². The molecule has 0 fully saturated rings.